The molecule has 1 aliphatic rings. The van der Waals surface area contributed by atoms with Gasteiger partial charge in [-0.15, -0.1) is 0 Å². The van der Waals surface area contributed by atoms with E-state index in [4.69, 9.17) is 4.99 Å². The maximum atomic E-state index is 12.5. The molecule has 27 heavy (non-hydrogen) atoms. The summed E-state index contributed by atoms with van der Waals surface area (Å²) in [5.41, 5.74) is 3.55. The summed E-state index contributed by atoms with van der Waals surface area (Å²) in [6, 6.07) is 0.266. The van der Waals surface area contributed by atoms with Crippen LogP contribution in [-0.4, -0.2) is 59.3 Å². The van der Waals surface area contributed by atoms with Crippen molar-refractivity contribution in [2.45, 2.75) is 65.5 Å². The molecule has 0 amide bonds. The minimum absolute atomic E-state index is 0.124. The monoisotopic (exact) mass is 384 g/mol. The summed E-state index contributed by atoms with van der Waals surface area (Å²) in [5.74, 6) is 0.790. The van der Waals surface area contributed by atoms with Crippen molar-refractivity contribution < 1.29 is 8.78 Å². The molecule has 2 heterocycles. The third-order valence-electron chi connectivity index (χ3n) is 5.09. The molecule has 1 fully saturated rings. The van der Waals surface area contributed by atoms with E-state index >= 15 is 0 Å². The predicted octanol–water partition coefficient (Wildman–Crippen LogP) is 2.33. The van der Waals surface area contributed by atoms with Gasteiger partial charge in [0.15, 0.2) is 5.96 Å². The van der Waals surface area contributed by atoms with Gasteiger partial charge in [-0.05, 0) is 32.6 Å². The number of halogens is 2. The molecule has 154 valence electrons. The Morgan fingerprint density at radius 1 is 1.22 bits per heavy atom. The Kier molecular flexibility index (Phi) is 8.47. The quantitative estimate of drug-likeness (QED) is 0.534. The van der Waals surface area contributed by atoms with Gasteiger partial charge in [-0.25, -0.2) is 13.8 Å². The van der Waals surface area contributed by atoms with E-state index in [0.29, 0.717) is 19.6 Å². The molecule has 1 aliphatic heterocycles. The SMILES string of the molecule is CCNC(=NCc1c(CC)nn(C)c1CC)NC1CCN(CC(F)F)CC1. The van der Waals surface area contributed by atoms with Crippen molar-refractivity contribution in [1.82, 2.24) is 25.3 Å². The third kappa shape index (κ3) is 6.16. The van der Waals surface area contributed by atoms with Gasteiger partial charge < -0.3 is 10.6 Å². The number of aliphatic imine (C=N–C) groups is 1. The maximum Gasteiger partial charge on any atom is 0.251 e. The van der Waals surface area contributed by atoms with E-state index in [1.54, 1.807) is 0 Å². The fourth-order valence-electron chi connectivity index (χ4n) is 3.70. The van der Waals surface area contributed by atoms with E-state index in [0.717, 1.165) is 43.9 Å². The summed E-state index contributed by atoms with van der Waals surface area (Å²) in [7, 11) is 1.99. The highest BCUT2D eigenvalue weighted by molar-refractivity contribution is 5.80. The minimum atomic E-state index is -2.26. The van der Waals surface area contributed by atoms with Gasteiger partial charge in [0.05, 0.1) is 18.8 Å². The van der Waals surface area contributed by atoms with Crippen molar-refractivity contribution >= 4 is 5.96 Å². The van der Waals surface area contributed by atoms with Crippen molar-refractivity contribution in [3.63, 3.8) is 0 Å². The molecule has 0 radical (unpaired) electrons. The van der Waals surface area contributed by atoms with Crippen molar-refractivity contribution in [2.75, 3.05) is 26.2 Å². The molecule has 0 bridgehead atoms. The second-order valence-corrected chi connectivity index (χ2v) is 7.01. The molecule has 8 heteroatoms. The van der Waals surface area contributed by atoms with E-state index in [2.05, 4.69) is 29.6 Å². The zero-order valence-corrected chi connectivity index (χ0v) is 17.1. The van der Waals surface area contributed by atoms with Gasteiger partial charge in [0.2, 0.25) is 0 Å². The van der Waals surface area contributed by atoms with Crippen LogP contribution in [0.4, 0.5) is 8.78 Å². The van der Waals surface area contributed by atoms with Crippen LogP contribution in [0.15, 0.2) is 4.99 Å². The van der Waals surface area contributed by atoms with Crippen LogP contribution in [0.1, 0.15) is 50.6 Å². The molecule has 2 N–H and O–H groups in total. The van der Waals surface area contributed by atoms with Gasteiger partial charge >= 0.3 is 0 Å². The van der Waals surface area contributed by atoms with Crippen LogP contribution in [0.2, 0.25) is 0 Å². The lowest BCUT2D eigenvalue weighted by molar-refractivity contribution is 0.0744. The normalized spacial score (nSPS) is 16.9. The highest BCUT2D eigenvalue weighted by Crippen LogP contribution is 2.17. The summed E-state index contributed by atoms with van der Waals surface area (Å²) in [6.07, 6.45) is 1.27. The Morgan fingerprint density at radius 2 is 1.93 bits per heavy atom. The summed E-state index contributed by atoms with van der Waals surface area (Å²) in [4.78, 5) is 6.62. The first-order valence-electron chi connectivity index (χ1n) is 10.1. The maximum absolute atomic E-state index is 12.5. The smallest absolute Gasteiger partial charge is 0.251 e. The van der Waals surface area contributed by atoms with Crippen molar-refractivity contribution in [1.29, 1.82) is 0 Å². The van der Waals surface area contributed by atoms with Crippen LogP contribution in [0.5, 0.6) is 0 Å². The number of piperidine rings is 1. The number of alkyl halides is 2. The Bertz CT molecular complexity index is 606. The lowest BCUT2D eigenvalue weighted by Crippen LogP contribution is -2.49. The summed E-state index contributed by atoms with van der Waals surface area (Å²) < 4.78 is 27.0. The second-order valence-electron chi connectivity index (χ2n) is 7.01. The Morgan fingerprint density at radius 3 is 2.48 bits per heavy atom. The average molecular weight is 385 g/mol. The summed E-state index contributed by atoms with van der Waals surface area (Å²) in [5, 5.41) is 11.4. The number of rotatable bonds is 8. The zero-order chi connectivity index (χ0) is 19.8. The molecular weight excluding hydrogens is 350 g/mol. The minimum Gasteiger partial charge on any atom is -0.357 e. The van der Waals surface area contributed by atoms with Crippen molar-refractivity contribution in [3.8, 4) is 0 Å². The first kappa shape index (κ1) is 21.6. The van der Waals surface area contributed by atoms with Gasteiger partial charge in [0.1, 0.15) is 0 Å². The van der Waals surface area contributed by atoms with Crippen molar-refractivity contribution in [2.24, 2.45) is 12.0 Å². The number of nitrogens with one attached hydrogen (secondary N) is 2. The zero-order valence-electron chi connectivity index (χ0n) is 17.1. The number of aromatic nitrogens is 2. The van der Waals surface area contributed by atoms with Crippen LogP contribution < -0.4 is 10.6 Å². The van der Waals surface area contributed by atoms with Crippen LogP contribution in [-0.2, 0) is 26.4 Å². The number of hydrogen-bond acceptors (Lipinski definition) is 3. The molecule has 0 unspecified atom stereocenters. The van der Waals surface area contributed by atoms with Gasteiger partial charge in [0, 0.05) is 44.0 Å². The van der Waals surface area contributed by atoms with E-state index in [1.165, 1.54) is 11.3 Å². The standard InChI is InChI=1S/C19H34F2N6/c1-5-16-15(17(6-2)26(4)25-16)12-23-19(22-7-3)24-14-8-10-27(11-9-14)13-18(20)21/h14,18H,5-13H2,1-4H3,(H2,22,23,24). The lowest BCUT2D eigenvalue weighted by atomic mass is 10.1. The lowest BCUT2D eigenvalue weighted by Gasteiger charge is -2.32. The number of likely N-dealkylation sites (tertiary alicyclic amines) is 1. The highest BCUT2D eigenvalue weighted by atomic mass is 19.3. The predicted molar refractivity (Wildman–Crippen MR) is 105 cm³/mol. The van der Waals surface area contributed by atoms with Crippen LogP contribution in [0, 0.1) is 0 Å². The Balaban J connectivity index is 1.99. The molecule has 2 rings (SSSR count). The molecule has 1 aromatic rings. The van der Waals surface area contributed by atoms with E-state index in [-0.39, 0.29) is 12.6 Å². The van der Waals surface area contributed by atoms with Crippen LogP contribution >= 0.6 is 0 Å². The summed E-state index contributed by atoms with van der Waals surface area (Å²) >= 11 is 0. The average Bonchev–Trinajstić information content (AvgIpc) is 2.95. The first-order chi connectivity index (χ1) is 13.0. The third-order valence-corrected chi connectivity index (χ3v) is 5.09. The Hall–Kier alpha value is -1.70. The van der Waals surface area contributed by atoms with Crippen LogP contribution in [0.25, 0.3) is 0 Å². The molecular formula is C19H34F2N6. The topological polar surface area (TPSA) is 57.5 Å². The number of guanidine groups is 1. The summed E-state index contributed by atoms with van der Waals surface area (Å²) in [6.45, 7) is 8.95. The second kappa shape index (κ2) is 10.6. The number of aryl methyl sites for hydroxylation is 2. The van der Waals surface area contributed by atoms with Gasteiger partial charge in [-0.2, -0.15) is 5.10 Å². The van der Waals surface area contributed by atoms with Gasteiger partial charge in [-0.1, -0.05) is 13.8 Å². The number of hydrogen-bond donors (Lipinski definition) is 2. The van der Waals surface area contributed by atoms with Gasteiger partial charge in [0.25, 0.3) is 6.43 Å². The molecule has 0 spiro atoms. The number of nitrogens with zero attached hydrogens (tertiary/aromatic N) is 4. The first-order valence-corrected chi connectivity index (χ1v) is 10.1. The fraction of sp³-hybridized carbons (Fsp3) is 0.789. The van der Waals surface area contributed by atoms with Gasteiger partial charge in [-0.3, -0.25) is 9.58 Å². The molecule has 1 saturated heterocycles. The Labute approximate surface area is 161 Å². The molecule has 0 aromatic carbocycles. The molecule has 0 atom stereocenters. The molecule has 1 aromatic heterocycles. The fourth-order valence-corrected chi connectivity index (χ4v) is 3.70. The van der Waals surface area contributed by atoms with E-state index in [9.17, 15) is 8.78 Å². The molecule has 6 nitrogen and oxygen atoms in total. The van der Waals surface area contributed by atoms with E-state index in [1.807, 2.05) is 23.6 Å². The molecule has 0 saturated carbocycles. The van der Waals surface area contributed by atoms with Crippen molar-refractivity contribution in [3.05, 3.63) is 17.0 Å². The van der Waals surface area contributed by atoms with Crippen LogP contribution in [0.3, 0.4) is 0 Å². The van der Waals surface area contributed by atoms with E-state index < -0.39 is 6.43 Å². The largest absolute Gasteiger partial charge is 0.357 e. The molecule has 0 aliphatic carbocycles. The highest BCUT2D eigenvalue weighted by Gasteiger charge is 2.22.